The van der Waals surface area contributed by atoms with Crippen LogP contribution in [-0.2, 0) is 0 Å². The smallest absolute Gasteiger partial charge is 0.0554 e. The van der Waals surface area contributed by atoms with E-state index in [1.54, 1.807) is 0 Å². The van der Waals surface area contributed by atoms with Gasteiger partial charge in [-0.25, -0.2) is 0 Å². The minimum absolute atomic E-state index is 0.679. The molecule has 0 aliphatic carbocycles. The average Bonchev–Trinajstić information content (AvgIpc) is 4.04. The summed E-state index contributed by atoms with van der Waals surface area (Å²) in [5.74, 6) is 16.8. The van der Waals surface area contributed by atoms with Crippen molar-refractivity contribution in [2.75, 3.05) is 4.90 Å². The lowest BCUT2D eigenvalue weighted by atomic mass is 10.0. The van der Waals surface area contributed by atoms with Crippen LogP contribution in [0, 0.1) is 74.1 Å². The zero-order chi connectivity index (χ0) is 47.6. The van der Waals surface area contributed by atoms with E-state index in [2.05, 4.69) is 182 Å². The zero-order valence-corrected chi connectivity index (χ0v) is 37.6. The van der Waals surface area contributed by atoms with Crippen molar-refractivity contribution in [2.45, 2.75) is 0 Å². The van der Waals surface area contributed by atoms with Crippen molar-refractivity contribution in [2.24, 2.45) is 0 Å². The Hall–Kier alpha value is -10.5. The molecule has 4 heteroatoms. The minimum atomic E-state index is 0.679. The monoisotopic (exact) mass is 884 g/mol. The molecule has 0 aliphatic rings. The molecule has 12 aromatic rings. The summed E-state index contributed by atoms with van der Waals surface area (Å²) in [5.41, 5.74) is 16.0. The molecule has 0 radical (unpaired) electrons. The highest BCUT2D eigenvalue weighted by atomic mass is 15.1. The zero-order valence-electron chi connectivity index (χ0n) is 37.6. The summed E-state index contributed by atoms with van der Waals surface area (Å²) in [5, 5.41) is 6.40. The molecule has 0 N–H and O–H groups in total. The van der Waals surface area contributed by atoms with Crippen molar-refractivity contribution in [3.05, 3.63) is 215 Å². The van der Waals surface area contributed by atoms with Crippen LogP contribution in [0.2, 0.25) is 0 Å². The summed E-state index contributed by atoms with van der Waals surface area (Å²) in [6.07, 6.45) is 35.8. The van der Waals surface area contributed by atoms with E-state index < -0.39 is 0 Å². The Bertz CT molecular complexity index is 3990. The van der Waals surface area contributed by atoms with Gasteiger partial charge in [0.2, 0.25) is 0 Å². The molecule has 4 nitrogen and oxygen atoms in total. The topological polar surface area (TPSA) is 18.0 Å². The Balaban J connectivity index is 1.02. The number of anilines is 3. The molecule has 0 aliphatic heterocycles. The number of benzene rings is 9. The number of nitrogens with zero attached hydrogens (tertiary/aromatic N) is 4. The summed E-state index contributed by atoms with van der Waals surface area (Å²) in [6, 6.07) is 63.0. The number of hydrogen-bond donors (Lipinski definition) is 0. The highest BCUT2D eigenvalue weighted by Crippen LogP contribution is 2.41. The second-order valence-corrected chi connectivity index (χ2v) is 17.1. The highest BCUT2D eigenvalue weighted by Gasteiger charge is 2.20. The van der Waals surface area contributed by atoms with Crippen LogP contribution in [0.3, 0.4) is 0 Å². The fourth-order valence-electron chi connectivity index (χ4n) is 10.3. The Morgan fingerprint density at radius 1 is 0.257 bits per heavy atom. The first-order chi connectivity index (χ1) is 34.4. The lowest BCUT2D eigenvalue weighted by Gasteiger charge is -2.26. The number of aromatic nitrogens is 3. The molecular formula is C66H36N4. The summed E-state index contributed by atoms with van der Waals surface area (Å²) >= 11 is 0. The molecular weight excluding hydrogens is 849 g/mol. The normalized spacial score (nSPS) is 11.1. The van der Waals surface area contributed by atoms with E-state index in [-0.39, 0.29) is 0 Å². The number of fused-ring (bicyclic) bond motifs is 9. The van der Waals surface area contributed by atoms with Gasteiger partial charge in [0, 0.05) is 99.8 Å². The molecule has 0 atom stereocenters. The molecule has 0 saturated carbocycles. The number of para-hydroxylation sites is 3. The van der Waals surface area contributed by atoms with Crippen LogP contribution in [0.1, 0.15) is 33.4 Å². The predicted molar refractivity (Wildman–Crippen MR) is 292 cm³/mol. The van der Waals surface area contributed by atoms with Crippen LogP contribution < -0.4 is 4.90 Å². The lowest BCUT2D eigenvalue weighted by Crippen LogP contribution is -2.10. The second-order valence-electron chi connectivity index (χ2n) is 17.1. The fourth-order valence-corrected chi connectivity index (χ4v) is 10.3. The Morgan fingerprint density at radius 3 is 0.757 bits per heavy atom. The van der Waals surface area contributed by atoms with E-state index >= 15 is 0 Å². The Labute approximate surface area is 405 Å². The van der Waals surface area contributed by atoms with Crippen molar-refractivity contribution < 1.29 is 0 Å². The third kappa shape index (κ3) is 6.18. The van der Waals surface area contributed by atoms with Crippen molar-refractivity contribution in [3.8, 4) is 91.1 Å². The molecule has 0 fully saturated rings. The van der Waals surface area contributed by atoms with Gasteiger partial charge < -0.3 is 18.6 Å². The lowest BCUT2D eigenvalue weighted by molar-refractivity contribution is 1.16. The maximum Gasteiger partial charge on any atom is 0.0554 e. The maximum absolute atomic E-state index is 5.99. The van der Waals surface area contributed by atoms with Gasteiger partial charge in [-0.2, -0.15) is 0 Å². The van der Waals surface area contributed by atoms with Crippen LogP contribution in [0.25, 0.3) is 82.5 Å². The van der Waals surface area contributed by atoms with E-state index in [4.69, 9.17) is 38.5 Å². The van der Waals surface area contributed by atoms with E-state index in [0.717, 1.165) is 99.5 Å². The van der Waals surface area contributed by atoms with Gasteiger partial charge in [0.25, 0.3) is 0 Å². The van der Waals surface area contributed by atoms with Gasteiger partial charge >= 0.3 is 0 Å². The summed E-state index contributed by atoms with van der Waals surface area (Å²) < 4.78 is 6.74. The molecule has 0 amide bonds. The second kappa shape index (κ2) is 16.2. The molecule has 0 spiro atoms. The van der Waals surface area contributed by atoms with Gasteiger partial charge in [-0.15, -0.1) is 38.5 Å². The van der Waals surface area contributed by atoms with E-state index in [9.17, 15) is 0 Å². The van der Waals surface area contributed by atoms with Gasteiger partial charge in [0.1, 0.15) is 0 Å². The number of rotatable bonds is 6. The van der Waals surface area contributed by atoms with Crippen LogP contribution in [0.15, 0.2) is 182 Å². The SMILES string of the molecule is C#Cc1cc2c3ccccc3n(-c3ccc(N(c4ccc(-n5c6ccccc6c6cc(C#C)c(C#C)cc65)cc4)c4ccc(-n5c6ccccc6c6cc(C#C)c(C#C)cc65)cc4)cc3)c2cc1C#C. The molecule has 3 heterocycles. The average molecular weight is 885 g/mol. The quantitative estimate of drug-likeness (QED) is 0.152. The summed E-state index contributed by atoms with van der Waals surface area (Å²) in [4.78, 5) is 2.27. The third-order valence-electron chi connectivity index (χ3n) is 13.5. The van der Waals surface area contributed by atoms with Gasteiger partial charge in [0.05, 0.1) is 33.1 Å². The molecule has 3 aromatic heterocycles. The Morgan fingerprint density at radius 2 is 0.500 bits per heavy atom. The van der Waals surface area contributed by atoms with Gasteiger partial charge in [0.15, 0.2) is 0 Å². The van der Waals surface area contributed by atoms with E-state index in [0.29, 0.717) is 33.4 Å². The van der Waals surface area contributed by atoms with E-state index in [1.807, 2.05) is 54.6 Å². The molecule has 9 aromatic carbocycles. The highest BCUT2D eigenvalue weighted by molar-refractivity contribution is 6.12. The van der Waals surface area contributed by atoms with Crippen molar-refractivity contribution in [3.63, 3.8) is 0 Å². The standard InChI is InChI=1S/C66H36N4/c1-7-43-37-58-55-19-13-16-22-61(55)68(64(58)40-46(43)10-4)52-31-25-49(26-32-52)67(50-27-33-53(34-28-50)69-62-23-17-14-20-56(62)59-38-44(8-2)47(11-5)41-65(59)69)51-29-35-54(36-30-51)70-63-24-18-15-21-57(63)60-39-45(9-3)48(12-6)42-66(60)70/h1-6,13-42H. The van der Waals surface area contributed by atoms with Crippen LogP contribution in [-0.4, -0.2) is 13.7 Å². The molecule has 0 saturated heterocycles. The summed E-state index contributed by atoms with van der Waals surface area (Å²) in [7, 11) is 0. The minimum Gasteiger partial charge on any atom is -0.310 e. The van der Waals surface area contributed by atoms with Crippen molar-refractivity contribution in [1.82, 2.24) is 13.7 Å². The van der Waals surface area contributed by atoms with Gasteiger partial charge in [-0.05, 0) is 127 Å². The molecule has 0 unspecified atom stereocenters. The number of hydrogen-bond acceptors (Lipinski definition) is 1. The van der Waals surface area contributed by atoms with Gasteiger partial charge in [-0.3, -0.25) is 0 Å². The first-order valence-electron chi connectivity index (χ1n) is 22.6. The third-order valence-corrected chi connectivity index (χ3v) is 13.5. The molecule has 12 rings (SSSR count). The number of terminal acetylenes is 6. The predicted octanol–water partition coefficient (Wildman–Crippen LogP) is 14.3. The Kier molecular flexibility index (Phi) is 9.46. The van der Waals surface area contributed by atoms with Crippen molar-refractivity contribution >= 4 is 82.5 Å². The first-order valence-corrected chi connectivity index (χ1v) is 22.6. The molecule has 0 bridgehead atoms. The maximum atomic E-state index is 5.99. The van der Waals surface area contributed by atoms with Crippen LogP contribution >= 0.6 is 0 Å². The molecule has 320 valence electrons. The largest absolute Gasteiger partial charge is 0.310 e. The van der Waals surface area contributed by atoms with Crippen molar-refractivity contribution in [1.29, 1.82) is 0 Å². The first kappa shape index (κ1) is 41.0. The molecule has 70 heavy (non-hydrogen) atoms. The van der Waals surface area contributed by atoms with Crippen LogP contribution in [0.5, 0.6) is 0 Å². The van der Waals surface area contributed by atoms with Crippen LogP contribution in [0.4, 0.5) is 17.1 Å². The van der Waals surface area contributed by atoms with E-state index in [1.165, 1.54) is 0 Å². The van der Waals surface area contributed by atoms with Gasteiger partial charge in [-0.1, -0.05) is 90.1 Å². The summed E-state index contributed by atoms with van der Waals surface area (Å²) in [6.45, 7) is 0. The fraction of sp³-hybridized carbons (Fsp3) is 0.